The molecule has 0 atom stereocenters. The molecule has 1 N–H and O–H groups in total. The second-order valence-electron chi connectivity index (χ2n) is 5.77. The number of carbonyl (C=O) groups excluding carboxylic acids is 2. The second kappa shape index (κ2) is 7.31. The lowest BCUT2D eigenvalue weighted by Gasteiger charge is -2.13. The van der Waals surface area contributed by atoms with E-state index in [2.05, 4.69) is 5.32 Å². The number of halogens is 3. The van der Waals surface area contributed by atoms with E-state index in [4.69, 9.17) is 34.8 Å². The van der Waals surface area contributed by atoms with Gasteiger partial charge in [0.1, 0.15) is 5.70 Å². The van der Waals surface area contributed by atoms with Gasteiger partial charge in [-0.3, -0.25) is 14.5 Å². The van der Waals surface area contributed by atoms with E-state index < -0.39 is 11.8 Å². The molecule has 0 saturated heterocycles. The third kappa shape index (κ3) is 3.20. The fourth-order valence-electron chi connectivity index (χ4n) is 2.80. The Balaban J connectivity index is 2.17. The lowest BCUT2D eigenvalue weighted by molar-refractivity contribution is -0.136. The first kappa shape index (κ1) is 18.8. The van der Waals surface area contributed by atoms with Gasteiger partial charge in [-0.2, -0.15) is 0 Å². The van der Waals surface area contributed by atoms with Crippen LogP contribution < -0.4 is 5.32 Å². The summed E-state index contributed by atoms with van der Waals surface area (Å²) in [6.07, 6.45) is 0. The summed E-state index contributed by atoms with van der Waals surface area (Å²) in [7, 11) is 0. The van der Waals surface area contributed by atoms with Crippen molar-refractivity contribution in [1.82, 2.24) is 4.90 Å². The number of likely N-dealkylation sites (N-methyl/N-ethyl adjacent to an activating group) is 1. The highest BCUT2D eigenvalue weighted by Crippen LogP contribution is 2.36. The summed E-state index contributed by atoms with van der Waals surface area (Å²) in [6, 6.07) is 10.1. The quantitative estimate of drug-likeness (QED) is 0.709. The molecule has 1 heterocycles. The first-order chi connectivity index (χ1) is 12.3. The van der Waals surface area contributed by atoms with Crippen LogP contribution >= 0.6 is 34.8 Å². The standard InChI is InChI=1S/C19H15Cl3N2O2/c1-3-24-18(25)16(12-8-7-11(20)9-14(12)22)17(19(24)26)23-15-6-4-5-13(21)10(15)2/h4-9,23H,3H2,1-2H3. The maximum atomic E-state index is 12.8. The molecule has 0 saturated carbocycles. The summed E-state index contributed by atoms with van der Waals surface area (Å²) in [4.78, 5) is 26.8. The van der Waals surface area contributed by atoms with Crippen molar-refractivity contribution in [3.05, 3.63) is 68.3 Å². The van der Waals surface area contributed by atoms with Gasteiger partial charge in [-0.05, 0) is 43.7 Å². The van der Waals surface area contributed by atoms with Crippen LogP contribution in [-0.2, 0) is 9.59 Å². The number of nitrogens with one attached hydrogen (secondary N) is 1. The van der Waals surface area contributed by atoms with Gasteiger partial charge < -0.3 is 5.32 Å². The highest BCUT2D eigenvalue weighted by molar-refractivity contribution is 6.41. The molecule has 0 spiro atoms. The Kier molecular flexibility index (Phi) is 5.28. The summed E-state index contributed by atoms with van der Waals surface area (Å²) >= 11 is 18.4. The van der Waals surface area contributed by atoms with E-state index in [1.165, 1.54) is 4.90 Å². The van der Waals surface area contributed by atoms with E-state index in [1.807, 2.05) is 6.92 Å². The Bertz CT molecular complexity index is 954. The van der Waals surface area contributed by atoms with Crippen molar-refractivity contribution in [2.75, 3.05) is 11.9 Å². The van der Waals surface area contributed by atoms with Crippen LogP contribution in [0.25, 0.3) is 5.57 Å². The van der Waals surface area contributed by atoms with Crippen LogP contribution in [-0.4, -0.2) is 23.3 Å². The average Bonchev–Trinajstić information content (AvgIpc) is 2.82. The molecule has 0 unspecified atom stereocenters. The maximum Gasteiger partial charge on any atom is 0.278 e. The molecule has 4 nitrogen and oxygen atoms in total. The van der Waals surface area contributed by atoms with Gasteiger partial charge in [0.05, 0.1) is 10.6 Å². The van der Waals surface area contributed by atoms with Crippen molar-refractivity contribution in [2.45, 2.75) is 13.8 Å². The van der Waals surface area contributed by atoms with E-state index in [9.17, 15) is 9.59 Å². The molecule has 0 radical (unpaired) electrons. The molecule has 134 valence electrons. The largest absolute Gasteiger partial charge is 0.350 e. The molecule has 2 aromatic carbocycles. The molecule has 7 heteroatoms. The minimum Gasteiger partial charge on any atom is -0.350 e. The van der Waals surface area contributed by atoms with Gasteiger partial charge in [-0.1, -0.05) is 46.9 Å². The van der Waals surface area contributed by atoms with Crippen molar-refractivity contribution in [3.63, 3.8) is 0 Å². The number of amides is 2. The summed E-state index contributed by atoms with van der Waals surface area (Å²) < 4.78 is 0. The lowest BCUT2D eigenvalue weighted by Crippen LogP contribution is -2.32. The SMILES string of the molecule is CCN1C(=O)C(Nc2cccc(Cl)c2C)=C(c2ccc(Cl)cc2Cl)C1=O. The van der Waals surface area contributed by atoms with Crippen LogP contribution in [0, 0.1) is 6.92 Å². The van der Waals surface area contributed by atoms with E-state index in [0.29, 0.717) is 26.3 Å². The number of carbonyl (C=O) groups is 2. The molecule has 0 bridgehead atoms. The van der Waals surface area contributed by atoms with Gasteiger partial charge in [-0.15, -0.1) is 0 Å². The summed E-state index contributed by atoms with van der Waals surface area (Å²) in [5.74, 6) is -0.804. The zero-order chi connectivity index (χ0) is 19.0. The number of rotatable bonds is 4. The first-order valence-electron chi connectivity index (χ1n) is 7.93. The summed E-state index contributed by atoms with van der Waals surface area (Å²) in [6.45, 7) is 3.83. The molecule has 0 aromatic heterocycles. The minimum absolute atomic E-state index is 0.173. The fraction of sp³-hybridized carbons (Fsp3) is 0.158. The van der Waals surface area contributed by atoms with Crippen LogP contribution in [0.15, 0.2) is 42.1 Å². The maximum absolute atomic E-state index is 12.8. The summed E-state index contributed by atoms with van der Waals surface area (Å²) in [5, 5.41) is 4.38. The predicted molar refractivity (Wildman–Crippen MR) is 106 cm³/mol. The summed E-state index contributed by atoms with van der Waals surface area (Å²) in [5.41, 5.74) is 2.27. The molecule has 3 rings (SSSR count). The van der Waals surface area contributed by atoms with Crippen LogP contribution in [0.5, 0.6) is 0 Å². The number of benzene rings is 2. The Morgan fingerprint density at radius 3 is 2.38 bits per heavy atom. The van der Waals surface area contributed by atoms with E-state index >= 15 is 0 Å². The number of hydrogen-bond acceptors (Lipinski definition) is 3. The smallest absolute Gasteiger partial charge is 0.278 e. The minimum atomic E-state index is -0.405. The Labute approximate surface area is 166 Å². The number of anilines is 1. The average molecular weight is 410 g/mol. The van der Waals surface area contributed by atoms with Gasteiger partial charge in [0.25, 0.3) is 11.8 Å². The van der Waals surface area contributed by atoms with E-state index in [0.717, 1.165) is 5.56 Å². The van der Waals surface area contributed by atoms with Crippen LogP contribution in [0.2, 0.25) is 15.1 Å². The van der Waals surface area contributed by atoms with Crippen LogP contribution in [0.1, 0.15) is 18.1 Å². The third-order valence-electron chi connectivity index (χ3n) is 4.21. The molecule has 2 amide bonds. The molecule has 2 aromatic rings. The Hall–Kier alpha value is -2.01. The van der Waals surface area contributed by atoms with Gasteiger partial charge in [-0.25, -0.2) is 0 Å². The monoisotopic (exact) mass is 408 g/mol. The third-order valence-corrected chi connectivity index (χ3v) is 5.17. The van der Waals surface area contributed by atoms with E-state index in [1.54, 1.807) is 43.3 Å². The highest BCUT2D eigenvalue weighted by Gasteiger charge is 2.39. The van der Waals surface area contributed by atoms with Gasteiger partial charge >= 0.3 is 0 Å². The van der Waals surface area contributed by atoms with Crippen molar-refractivity contribution < 1.29 is 9.59 Å². The zero-order valence-electron chi connectivity index (χ0n) is 14.1. The molecular formula is C19H15Cl3N2O2. The first-order valence-corrected chi connectivity index (χ1v) is 9.06. The predicted octanol–water partition coefficient (Wildman–Crippen LogP) is 5.17. The fourth-order valence-corrected chi connectivity index (χ4v) is 3.48. The Morgan fingerprint density at radius 2 is 1.73 bits per heavy atom. The topological polar surface area (TPSA) is 49.4 Å². The lowest BCUT2D eigenvalue weighted by atomic mass is 10.0. The van der Waals surface area contributed by atoms with E-state index in [-0.39, 0.29) is 17.8 Å². The van der Waals surface area contributed by atoms with Crippen molar-refractivity contribution >= 4 is 57.9 Å². The molecule has 0 aliphatic carbocycles. The van der Waals surface area contributed by atoms with Crippen molar-refractivity contribution in [1.29, 1.82) is 0 Å². The molecule has 1 aliphatic heterocycles. The van der Waals surface area contributed by atoms with Gasteiger partial charge in [0, 0.05) is 27.8 Å². The normalized spacial score (nSPS) is 14.4. The molecule has 1 aliphatic rings. The van der Waals surface area contributed by atoms with Crippen LogP contribution in [0.3, 0.4) is 0 Å². The second-order valence-corrected chi connectivity index (χ2v) is 7.02. The van der Waals surface area contributed by atoms with Crippen LogP contribution in [0.4, 0.5) is 5.69 Å². The zero-order valence-corrected chi connectivity index (χ0v) is 16.3. The molecule has 26 heavy (non-hydrogen) atoms. The number of hydrogen-bond donors (Lipinski definition) is 1. The molecule has 0 fully saturated rings. The molecular weight excluding hydrogens is 395 g/mol. The number of nitrogens with zero attached hydrogens (tertiary/aromatic N) is 1. The highest BCUT2D eigenvalue weighted by atomic mass is 35.5. The van der Waals surface area contributed by atoms with Gasteiger partial charge in [0.2, 0.25) is 0 Å². The van der Waals surface area contributed by atoms with Gasteiger partial charge in [0.15, 0.2) is 0 Å². The number of imide groups is 1. The van der Waals surface area contributed by atoms with Crippen molar-refractivity contribution in [3.8, 4) is 0 Å². The van der Waals surface area contributed by atoms with Crippen molar-refractivity contribution in [2.24, 2.45) is 0 Å². The Morgan fingerprint density at radius 1 is 1.00 bits per heavy atom.